The molecule has 0 radical (unpaired) electrons. The van der Waals surface area contributed by atoms with E-state index in [1.54, 1.807) is 0 Å². The van der Waals surface area contributed by atoms with Gasteiger partial charge >= 0.3 is 11.9 Å². The van der Waals surface area contributed by atoms with Crippen molar-refractivity contribution in [2.24, 2.45) is 5.92 Å². The summed E-state index contributed by atoms with van der Waals surface area (Å²) in [5.74, 6) is -0.150. The number of carbonyl (C=O) groups is 2. The van der Waals surface area contributed by atoms with Crippen molar-refractivity contribution in [3.63, 3.8) is 0 Å². The van der Waals surface area contributed by atoms with Gasteiger partial charge in [-0.25, -0.2) is 0 Å². The van der Waals surface area contributed by atoms with Crippen LogP contribution in [0.3, 0.4) is 0 Å². The number of hydrogen-bond donors (Lipinski definition) is 0. The van der Waals surface area contributed by atoms with E-state index >= 15 is 0 Å². The van der Waals surface area contributed by atoms with Crippen LogP contribution in [-0.2, 0) is 19.1 Å². The lowest BCUT2D eigenvalue weighted by atomic mass is 9.75. The average Bonchev–Trinajstić information content (AvgIpc) is 2.38. The van der Waals surface area contributed by atoms with E-state index in [2.05, 4.69) is 0 Å². The molecule has 4 heteroatoms. The third kappa shape index (κ3) is 1.98. The van der Waals surface area contributed by atoms with Crippen LogP contribution in [-0.4, -0.2) is 23.6 Å². The highest BCUT2D eigenvalue weighted by Gasteiger charge is 2.49. The molecule has 0 spiro atoms. The summed E-state index contributed by atoms with van der Waals surface area (Å²) in [4.78, 5) is 22.0. The molecule has 15 heavy (non-hydrogen) atoms. The molecule has 0 unspecified atom stereocenters. The molecule has 84 valence electrons. The van der Waals surface area contributed by atoms with Gasteiger partial charge in [0, 0.05) is 12.8 Å². The van der Waals surface area contributed by atoms with Gasteiger partial charge in [0.2, 0.25) is 0 Å². The van der Waals surface area contributed by atoms with Crippen LogP contribution in [0.15, 0.2) is 0 Å². The highest BCUT2D eigenvalue weighted by molar-refractivity contribution is 5.73. The van der Waals surface area contributed by atoms with Gasteiger partial charge in [-0.15, -0.1) is 0 Å². The lowest BCUT2D eigenvalue weighted by Crippen LogP contribution is -2.40. The van der Waals surface area contributed by atoms with Crippen LogP contribution in [0.4, 0.5) is 0 Å². The van der Waals surface area contributed by atoms with Crippen molar-refractivity contribution >= 4 is 11.9 Å². The first-order chi connectivity index (χ1) is 6.99. The highest BCUT2D eigenvalue weighted by atomic mass is 16.6. The minimum atomic E-state index is -0.312. The van der Waals surface area contributed by atoms with E-state index < -0.39 is 0 Å². The van der Waals surface area contributed by atoms with Gasteiger partial charge in [0.05, 0.1) is 6.42 Å². The Bertz CT molecular complexity index is 299. The van der Waals surface area contributed by atoms with Gasteiger partial charge in [-0.3, -0.25) is 9.59 Å². The molecule has 3 atom stereocenters. The summed E-state index contributed by atoms with van der Waals surface area (Å²) in [7, 11) is 0. The van der Waals surface area contributed by atoms with Crippen molar-refractivity contribution < 1.29 is 19.1 Å². The molecule has 1 saturated heterocycles. The van der Waals surface area contributed by atoms with Gasteiger partial charge in [0.25, 0.3) is 0 Å². The summed E-state index contributed by atoms with van der Waals surface area (Å²) in [5, 5.41) is 0. The van der Waals surface area contributed by atoms with E-state index in [4.69, 9.17) is 9.47 Å². The second-order valence-electron chi connectivity index (χ2n) is 4.69. The van der Waals surface area contributed by atoms with E-state index in [1.807, 2.05) is 6.92 Å². The molecule has 1 saturated carbocycles. The minimum absolute atomic E-state index is 0.0323. The molecule has 1 aliphatic carbocycles. The van der Waals surface area contributed by atoms with Crippen LogP contribution >= 0.6 is 0 Å². The van der Waals surface area contributed by atoms with E-state index in [-0.39, 0.29) is 29.6 Å². The molecule has 0 amide bonds. The summed E-state index contributed by atoms with van der Waals surface area (Å²) in [6.45, 7) is 3.40. The largest absolute Gasteiger partial charge is 0.463 e. The fourth-order valence-electron chi connectivity index (χ4n) is 2.61. The Balaban J connectivity index is 2.00. The van der Waals surface area contributed by atoms with Crippen molar-refractivity contribution in [2.45, 2.75) is 51.2 Å². The number of esters is 2. The number of fused-ring (bicyclic) bond motifs is 1. The smallest absolute Gasteiger partial charge is 0.306 e. The Morgan fingerprint density at radius 1 is 1.60 bits per heavy atom. The van der Waals surface area contributed by atoms with Crippen molar-refractivity contribution in [2.75, 3.05) is 0 Å². The number of hydrogen-bond acceptors (Lipinski definition) is 4. The van der Waals surface area contributed by atoms with Gasteiger partial charge in [0.15, 0.2) is 0 Å². The maximum Gasteiger partial charge on any atom is 0.306 e. The number of ether oxygens (including phenoxy) is 2. The van der Waals surface area contributed by atoms with Crippen molar-refractivity contribution in [3.8, 4) is 0 Å². The zero-order valence-corrected chi connectivity index (χ0v) is 9.12. The Hall–Kier alpha value is -1.06. The Morgan fingerprint density at radius 3 is 3.00 bits per heavy atom. The molecular weight excluding hydrogens is 196 g/mol. The highest BCUT2D eigenvalue weighted by Crippen LogP contribution is 2.44. The maximum atomic E-state index is 11.2. The second-order valence-corrected chi connectivity index (χ2v) is 4.69. The molecular formula is C11H16O4. The van der Waals surface area contributed by atoms with Crippen molar-refractivity contribution in [1.29, 1.82) is 0 Å². The lowest BCUT2D eigenvalue weighted by Gasteiger charge is -2.37. The van der Waals surface area contributed by atoms with Gasteiger partial charge in [-0.2, -0.15) is 0 Å². The fraction of sp³-hybridized carbons (Fsp3) is 0.818. The Kier molecular flexibility index (Phi) is 2.44. The van der Waals surface area contributed by atoms with Gasteiger partial charge < -0.3 is 9.47 Å². The first-order valence-electron chi connectivity index (χ1n) is 5.39. The minimum Gasteiger partial charge on any atom is -0.463 e. The normalized spacial score (nSPS) is 39.5. The molecule has 4 nitrogen and oxygen atoms in total. The Labute approximate surface area is 88.9 Å². The zero-order valence-electron chi connectivity index (χ0n) is 9.12. The summed E-state index contributed by atoms with van der Waals surface area (Å²) in [5.41, 5.74) is -0.312. The predicted molar refractivity (Wildman–Crippen MR) is 52.0 cm³/mol. The van der Waals surface area contributed by atoms with E-state index in [0.717, 1.165) is 19.3 Å². The quantitative estimate of drug-likeness (QED) is 0.617. The van der Waals surface area contributed by atoms with Crippen LogP contribution in [0.5, 0.6) is 0 Å². The molecule has 0 bridgehead atoms. The molecule has 2 aliphatic rings. The first kappa shape index (κ1) is 10.5. The molecule has 2 rings (SSSR count). The second kappa shape index (κ2) is 3.51. The Morgan fingerprint density at radius 2 is 2.33 bits per heavy atom. The van der Waals surface area contributed by atoms with E-state index in [1.165, 1.54) is 6.92 Å². The summed E-state index contributed by atoms with van der Waals surface area (Å²) in [6.07, 6.45) is 2.77. The van der Waals surface area contributed by atoms with Gasteiger partial charge in [0.1, 0.15) is 11.7 Å². The molecule has 2 fully saturated rings. The van der Waals surface area contributed by atoms with Crippen LogP contribution in [0.1, 0.15) is 39.5 Å². The third-order valence-corrected chi connectivity index (χ3v) is 3.47. The number of rotatable bonds is 1. The molecule has 0 aromatic rings. The van der Waals surface area contributed by atoms with Crippen molar-refractivity contribution in [1.82, 2.24) is 0 Å². The van der Waals surface area contributed by atoms with Crippen molar-refractivity contribution in [3.05, 3.63) is 0 Å². The molecule has 1 aliphatic heterocycles. The maximum absolute atomic E-state index is 11.2. The molecule has 0 aromatic carbocycles. The SMILES string of the molecule is CC(=O)O[C@@H]1CC[C@@]2(C)OC(=O)C[C@@H]2C1. The summed E-state index contributed by atoms with van der Waals surface area (Å²) < 4.78 is 10.5. The summed E-state index contributed by atoms with van der Waals surface area (Å²) in [6, 6.07) is 0. The summed E-state index contributed by atoms with van der Waals surface area (Å²) >= 11 is 0. The predicted octanol–water partition coefficient (Wildman–Crippen LogP) is 1.42. The molecule has 0 N–H and O–H groups in total. The molecule has 0 aromatic heterocycles. The number of carbonyl (C=O) groups excluding carboxylic acids is 2. The fourth-order valence-corrected chi connectivity index (χ4v) is 2.61. The van der Waals surface area contributed by atoms with Gasteiger partial charge in [-0.05, 0) is 26.2 Å². The van der Waals surface area contributed by atoms with Crippen LogP contribution < -0.4 is 0 Å². The topological polar surface area (TPSA) is 52.6 Å². The molecule has 1 heterocycles. The average molecular weight is 212 g/mol. The lowest BCUT2D eigenvalue weighted by molar-refractivity contribution is -0.158. The van der Waals surface area contributed by atoms with Gasteiger partial charge in [-0.1, -0.05) is 0 Å². The standard InChI is InChI=1S/C11H16O4/c1-7(12)14-9-3-4-11(2)8(5-9)6-10(13)15-11/h8-9H,3-6H2,1-2H3/t8-,9+,11+/m0/s1. The van der Waals surface area contributed by atoms with Crippen LogP contribution in [0.2, 0.25) is 0 Å². The monoisotopic (exact) mass is 212 g/mol. The van der Waals surface area contributed by atoms with Crippen LogP contribution in [0.25, 0.3) is 0 Å². The third-order valence-electron chi connectivity index (χ3n) is 3.47. The first-order valence-corrected chi connectivity index (χ1v) is 5.39. The zero-order chi connectivity index (χ0) is 11.1. The van der Waals surface area contributed by atoms with E-state index in [9.17, 15) is 9.59 Å². The van der Waals surface area contributed by atoms with E-state index in [0.29, 0.717) is 6.42 Å². The van der Waals surface area contributed by atoms with Crippen LogP contribution in [0, 0.1) is 5.92 Å².